The van der Waals surface area contributed by atoms with Crippen LogP contribution in [0.2, 0.25) is 0 Å². The van der Waals surface area contributed by atoms with Gasteiger partial charge in [0.15, 0.2) is 17.3 Å². The molecule has 3 heterocycles. The van der Waals surface area contributed by atoms with Gasteiger partial charge in [-0.05, 0) is 24.3 Å². The molecule has 2 aromatic heterocycles. The van der Waals surface area contributed by atoms with E-state index in [0.717, 1.165) is 0 Å². The van der Waals surface area contributed by atoms with Crippen molar-refractivity contribution in [2.24, 2.45) is 0 Å². The molecule has 1 aromatic carbocycles. The van der Waals surface area contributed by atoms with Gasteiger partial charge >= 0.3 is 0 Å². The molecule has 3 aromatic rings. The SMILES string of the molecule is Cc1nnc(-c2ccc(S(=O)(=O)Nc3ccc4c(c3)OCCO4)o2)o1. The van der Waals surface area contributed by atoms with Crippen molar-refractivity contribution in [1.82, 2.24) is 10.2 Å². The van der Waals surface area contributed by atoms with Crippen molar-refractivity contribution >= 4 is 15.7 Å². The second-order valence-corrected chi connectivity index (χ2v) is 6.82. The van der Waals surface area contributed by atoms with E-state index >= 15 is 0 Å². The van der Waals surface area contributed by atoms with E-state index in [0.29, 0.717) is 36.3 Å². The minimum atomic E-state index is -3.92. The lowest BCUT2D eigenvalue weighted by molar-refractivity contribution is 0.171. The van der Waals surface area contributed by atoms with E-state index in [9.17, 15) is 8.42 Å². The Kier molecular flexibility index (Phi) is 3.61. The van der Waals surface area contributed by atoms with Crippen LogP contribution in [0.4, 0.5) is 5.69 Å². The number of furan rings is 1. The fourth-order valence-corrected chi connectivity index (χ4v) is 3.27. The second kappa shape index (κ2) is 5.81. The van der Waals surface area contributed by atoms with Crippen LogP contribution in [-0.2, 0) is 10.0 Å². The van der Waals surface area contributed by atoms with E-state index in [-0.39, 0.29) is 16.7 Å². The molecule has 0 saturated heterocycles. The Hall–Kier alpha value is -3.01. The molecule has 0 amide bonds. The van der Waals surface area contributed by atoms with Crippen molar-refractivity contribution in [3.05, 3.63) is 36.2 Å². The zero-order valence-electron chi connectivity index (χ0n) is 13.1. The van der Waals surface area contributed by atoms with Gasteiger partial charge in [-0.3, -0.25) is 4.72 Å². The molecule has 0 atom stereocenters. The summed E-state index contributed by atoms with van der Waals surface area (Å²) in [6.07, 6.45) is 0. The first-order valence-electron chi connectivity index (χ1n) is 7.34. The molecule has 130 valence electrons. The van der Waals surface area contributed by atoms with Crippen LogP contribution in [0.1, 0.15) is 5.89 Å². The highest BCUT2D eigenvalue weighted by molar-refractivity contribution is 7.92. The lowest BCUT2D eigenvalue weighted by Crippen LogP contribution is -2.16. The maximum Gasteiger partial charge on any atom is 0.295 e. The van der Waals surface area contributed by atoms with Gasteiger partial charge in [-0.25, -0.2) is 0 Å². The Morgan fingerprint density at radius 1 is 1.00 bits per heavy atom. The fraction of sp³-hybridized carbons (Fsp3) is 0.200. The van der Waals surface area contributed by atoms with Crippen LogP contribution >= 0.6 is 0 Å². The number of hydrogen-bond acceptors (Lipinski definition) is 8. The summed E-state index contributed by atoms with van der Waals surface area (Å²) in [7, 11) is -3.92. The molecule has 25 heavy (non-hydrogen) atoms. The summed E-state index contributed by atoms with van der Waals surface area (Å²) >= 11 is 0. The third kappa shape index (κ3) is 3.03. The first-order valence-corrected chi connectivity index (χ1v) is 8.82. The number of ether oxygens (including phenoxy) is 2. The Morgan fingerprint density at radius 3 is 2.56 bits per heavy atom. The zero-order valence-corrected chi connectivity index (χ0v) is 13.9. The minimum Gasteiger partial charge on any atom is -0.486 e. The number of hydrogen-bond donors (Lipinski definition) is 1. The number of anilines is 1. The molecular formula is C15H13N3O6S. The number of aryl methyl sites for hydroxylation is 1. The molecule has 0 radical (unpaired) electrons. The zero-order chi connectivity index (χ0) is 17.4. The Bertz CT molecular complexity index is 1020. The largest absolute Gasteiger partial charge is 0.486 e. The summed E-state index contributed by atoms with van der Waals surface area (Å²) in [5.74, 6) is 1.68. The average molecular weight is 363 g/mol. The highest BCUT2D eigenvalue weighted by Crippen LogP contribution is 2.33. The van der Waals surface area contributed by atoms with Crippen molar-refractivity contribution in [1.29, 1.82) is 0 Å². The number of nitrogens with zero attached hydrogens (tertiary/aromatic N) is 2. The van der Waals surface area contributed by atoms with Gasteiger partial charge in [0, 0.05) is 13.0 Å². The van der Waals surface area contributed by atoms with Crippen LogP contribution < -0.4 is 14.2 Å². The molecule has 1 aliphatic heterocycles. The quantitative estimate of drug-likeness (QED) is 0.750. The number of sulfonamides is 1. The summed E-state index contributed by atoms with van der Waals surface area (Å²) < 4.78 is 48.8. The predicted molar refractivity (Wildman–Crippen MR) is 85.0 cm³/mol. The van der Waals surface area contributed by atoms with E-state index in [4.69, 9.17) is 18.3 Å². The molecule has 9 nitrogen and oxygen atoms in total. The van der Waals surface area contributed by atoms with E-state index in [1.165, 1.54) is 12.1 Å². The smallest absolute Gasteiger partial charge is 0.295 e. The number of rotatable bonds is 4. The van der Waals surface area contributed by atoms with E-state index in [1.54, 1.807) is 25.1 Å². The highest BCUT2D eigenvalue weighted by atomic mass is 32.2. The normalized spacial score (nSPS) is 13.6. The van der Waals surface area contributed by atoms with Crippen molar-refractivity contribution in [2.45, 2.75) is 12.0 Å². The van der Waals surface area contributed by atoms with Crippen LogP contribution in [0.3, 0.4) is 0 Å². The van der Waals surface area contributed by atoms with Gasteiger partial charge in [0.1, 0.15) is 13.2 Å². The molecule has 1 aliphatic rings. The third-order valence-electron chi connectivity index (χ3n) is 3.38. The summed E-state index contributed by atoms with van der Waals surface area (Å²) in [6, 6.07) is 7.54. The van der Waals surface area contributed by atoms with Crippen molar-refractivity contribution < 1.29 is 26.7 Å². The van der Waals surface area contributed by atoms with Crippen LogP contribution in [0.15, 0.2) is 44.3 Å². The van der Waals surface area contributed by atoms with E-state index in [2.05, 4.69) is 14.9 Å². The predicted octanol–water partition coefficient (Wildman–Crippen LogP) is 2.21. The molecular weight excluding hydrogens is 350 g/mol. The molecule has 0 spiro atoms. The van der Waals surface area contributed by atoms with Crippen molar-refractivity contribution in [3.63, 3.8) is 0 Å². The first-order chi connectivity index (χ1) is 12.0. The highest BCUT2D eigenvalue weighted by Gasteiger charge is 2.22. The maximum atomic E-state index is 12.5. The lowest BCUT2D eigenvalue weighted by Gasteiger charge is -2.19. The van der Waals surface area contributed by atoms with Gasteiger partial charge in [0.2, 0.25) is 11.0 Å². The van der Waals surface area contributed by atoms with Crippen LogP contribution in [0.5, 0.6) is 11.5 Å². The summed E-state index contributed by atoms with van der Waals surface area (Å²) in [5, 5.41) is 7.19. The van der Waals surface area contributed by atoms with Gasteiger partial charge in [-0.2, -0.15) is 8.42 Å². The Balaban J connectivity index is 1.59. The molecule has 0 saturated carbocycles. The van der Waals surface area contributed by atoms with Crippen LogP contribution in [-0.4, -0.2) is 31.8 Å². The standard InChI is InChI=1S/C15H13N3O6S/c1-9-16-17-15(23-9)12-4-5-14(24-12)25(19,20)18-10-2-3-11-13(8-10)22-7-6-21-11/h2-5,8,18H,6-7H2,1H3. The number of fused-ring (bicyclic) bond motifs is 1. The van der Waals surface area contributed by atoms with E-state index < -0.39 is 10.0 Å². The number of benzene rings is 1. The van der Waals surface area contributed by atoms with Crippen molar-refractivity contribution in [2.75, 3.05) is 17.9 Å². The number of nitrogens with one attached hydrogen (secondary N) is 1. The average Bonchev–Trinajstić information content (AvgIpc) is 3.23. The van der Waals surface area contributed by atoms with Gasteiger partial charge in [-0.15, -0.1) is 10.2 Å². The first kappa shape index (κ1) is 15.5. The minimum absolute atomic E-state index is 0.110. The molecule has 1 N–H and O–H groups in total. The molecule has 10 heteroatoms. The van der Waals surface area contributed by atoms with Crippen LogP contribution in [0.25, 0.3) is 11.7 Å². The van der Waals surface area contributed by atoms with Gasteiger partial charge in [0.05, 0.1) is 5.69 Å². The Labute approximate surface area is 142 Å². The molecule has 0 aliphatic carbocycles. The van der Waals surface area contributed by atoms with Gasteiger partial charge in [-0.1, -0.05) is 0 Å². The maximum absolute atomic E-state index is 12.5. The second-order valence-electron chi connectivity index (χ2n) is 5.21. The number of aromatic nitrogens is 2. The molecule has 4 rings (SSSR count). The summed E-state index contributed by atoms with van der Waals surface area (Å²) in [5.41, 5.74) is 0.329. The van der Waals surface area contributed by atoms with Crippen molar-refractivity contribution in [3.8, 4) is 23.1 Å². The van der Waals surface area contributed by atoms with E-state index in [1.807, 2.05) is 0 Å². The third-order valence-corrected chi connectivity index (χ3v) is 4.63. The monoisotopic (exact) mass is 363 g/mol. The molecule has 0 unspecified atom stereocenters. The lowest BCUT2D eigenvalue weighted by atomic mass is 10.3. The molecule has 0 fully saturated rings. The van der Waals surface area contributed by atoms with Gasteiger partial charge in [0.25, 0.3) is 15.9 Å². The topological polar surface area (TPSA) is 117 Å². The fourth-order valence-electron chi connectivity index (χ4n) is 2.29. The van der Waals surface area contributed by atoms with Crippen LogP contribution in [0, 0.1) is 6.92 Å². The Morgan fingerprint density at radius 2 is 1.80 bits per heavy atom. The van der Waals surface area contributed by atoms with Gasteiger partial charge < -0.3 is 18.3 Å². The summed E-state index contributed by atoms with van der Waals surface area (Å²) in [6.45, 7) is 2.50. The summed E-state index contributed by atoms with van der Waals surface area (Å²) in [4.78, 5) is 0. The molecule has 0 bridgehead atoms.